The van der Waals surface area contributed by atoms with E-state index >= 15 is 0 Å². The van der Waals surface area contributed by atoms with Gasteiger partial charge in [0.25, 0.3) is 0 Å². The van der Waals surface area contributed by atoms with Crippen molar-refractivity contribution < 1.29 is 22.3 Å². The van der Waals surface area contributed by atoms with Gasteiger partial charge in [-0.3, -0.25) is 4.79 Å². The number of aromatic nitrogens is 3. The lowest BCUT2D eigenvalue weighted by Gasteiger charge is -2.13. The van der Waals surface area contributed by atoms with Crippen molar-refractivity contribution >= 4 is 38.7 Å². The Labute approximate surface area is 230 Å². The molecule has 2 heterocycles. The fraction of sp³-hybridized carbons (Fsp3) is 0.138. The van der Waals surface area contributed by atoms with E-state index in [1.54, 1.807) is 35.7 Å². The average Bonchev–Trinajstić information content (AvgIpc) is 3.34. The van der Waals surface area contributed by atoms with Crippen LogP contribution in [0.4, 0.5) is 21.7 Å². The van der Waals surface area contributed by atoms with Crippen molar-refractivity contribution in [3.63, 3.8) is 0 Å². The third kappa shape index (κ3) is 5.79. The summed E-state index contributed by atoms with van der Waals surface area (Å²) in [6.45, 7) is 1.77. The number of carbonyl (C=O) groups is 1. The molecular formula is C29H26FN5O4S. The summed E-state index contributed by atoms with van der Waals surface area (Å²) < 4.78 is 44.0. The number of anilines is 3. The molecule has 5 rings (SSSR count). The van der Waals surface area contributed by atoms with Crippen LogP contribution in [-0.2, 0) is 14.6 Å². The molecule has 11 heteroatoms. The Kier molecular flexibility index (Phi) is 7.22. The summed E-state index contributed by atoms with van der Waals surface area (Å²) in [6.07, 6.45) is 2.96. The maximum Gasteiger partial charge on any atom is 0.247 e. The molecule has 1 amide bonds. The molecule has 1 atom stereocenters. The Bertz CT molecular complexity index is 1800. The normalized spacial score (nSPS) is 12.2. The first-order valence-corrected chi connectivity index (χ1v) is 14.2. The highest BCUT2D eigenvalue weighted by atomic mass is 32.2. The molecule has 0 aliphatic rings. The molecule has 0 unspecified atom stereocenters. The summed E-state index contributed by atoms with van der Waals surface area (Å²) in [5.74, 6) is -0.406. The first-order chi connectivity index (χ1) is 19.1. The number of carbonyl (C=O) groups excluding carboxylic acids is 1. The van der Waals surface area contributed by atoms with E-state index in [9.17, 15) is 17.6 Å². The monoisotopic (exact) mass is 559 g/mol. The lowest BCUT2D eigenvalue weighted by molar-refractivity contribution is -0.117. The van der Waals surface area contributed by atoms with Crippen LogP contribution in [0.3, 0.4) is 0 Å². The number of pyridine rings is 1. The van der Waals surface area contributed by atoms with Crippen molar-refractivity contribution in [1.82, 2.24) is 14.6 Å². The number of benzene rings is 3. The Morgan fingerprint density at radius 1 is 0.950 bits per heavy atom. The second-order valence-corrected chi connectivity index (χ2v) is 11.2. The molecule has 9 nitrogen and oxygen atoms in total. The first-order valence-electron chi connectivity index (χ1n) is 12.3. The molecule has 5 aromatic rings. The molecule has 0 bridgehead atoms. The smallest absolute Gasteiger partial charge is 0.247 e. The summed E-state index contributed by atoms with van der Waals surface area (Å²) in [6, 6.07) is 21.7. The fourth-order valence-corrected chi connectivity index (χ4v) is 5.01. The summed E-state index contributed by atoms with van der Waals surface area (Å²) in [7, 11) is -2.02. The highest BCUT2D eigenvalue weighted by molar-refractivity contribution is 7.90. The fourth-order valence-electron chi connectivity index (χ4n) is 4.19. The van der Waals surface area contributed by atoms with Crippen LogP contribution in [0.2, 0.25) is 0 Å². The van der Waals surface area contributed by atoms with E-state index in [1.807, 2.05) is 42.6 Å². The molecule has 0 fully saturated rings. The molecule has 40 heavy (non-hydrogen) atoms. The zero-order valence-corrected chi connectivity index (χ0v) is 22.7. The largest absolute Gasteiger partial charge is 0.495 e. The SMILES string of the molecule is COc1cc(Nc2nc3ccc(-c4ccc(NC(=O)[C@H](C)c5ccc(F)cc5)cc4)cn3n2)ccc1S(C)(=O)=O. The Morgan fingerprint density at radius 3 is 2.30 bits per heavy atom. The van der Waals surface area contributed by atoms with Gasteiger partial charge < -0.3 is 15.4 Å². The third-order valence-corrected chi connectivity index (χ3v) is 7.54. The summed E-state index contributed by atoms with van der Waals surface area (Å²) in [5, 5.41) is 10.5. The minimum Gasteiger partial charge on any atom is -0.495 e. The predicted octanol–water partition coefficient (Wildman–Crippen LogP) is 5.43. The molecule has 0 saturated carbocycles. The van der Waals surface area contributed by atoms with E-state index in [-0.39, 0.29) is 22.4 Å². The van der Waals surface area contributed by atoms with Crippen LogP contribution in [0.1, 0.15) is 18.4 Å². The molecular weight excluding hydrogens is 533 g/mol. The van der Waals surface area contributed by atoms with Gasteiger partial charge in [0.1, 0.15) is 16.5 Å². The predicted molar refractivity (Wildman–Crippen MR) is 151 cm³/mol. The highest BCUT2D eigenvalue weighted by Crippen LogP contribution is 2.29. The first kappa shape index (κ1) is 26.8. The Morgan fingerprint density at radius 2 is 1.62 bits per heavy atom. The van der Waals surface area contributed by atoms with Crippen molar-refractivity contribution in [2.45, 2.75) is 17.7 Å². The van der Waals surface area contributed by atoms with Crippen LogP contribution in [0.15, 0.2) is 90.0 Å². The van der Waals surface area contributed by atoms with Crippen LogP contribution >= 0.6 is 0 Å². The van der Waals surface area contributed by atoms with Gasteiger partial charge >= 0.3 is 0 Å². The van der Waals surface area contributed by atoms with Gasteiger partial charge in [-0.2, -0.15) is 4.98 Å². The van der Waals surface area contributed by atoms with Gasteiger partial charge in [-0.1, -0.05) is 24.3 Å². The van der Waals surface area contributed by atoms with Crippen LogP contribution < -0.4 is 15.4 Å². The van der Waals surface area contributed by atoms with Gasteiger partial charge in [-0.15, -0.1) is 5.10 Å². The molecule has 3 aromatic carbocycles. The molecule has 2 aromatic heterocycles. The quantitative estimate of drug-likeness (QED) is 0.260. The molecule has 0 radical (unpaired) electrons. The molecule has 2 N–H and O–H groups in total. The Hall–Kier alpha value is -4.77. The number of halogens is 1. The zero-order chi connectivity index (χ0) is 28.4. The summed E-state index contributed by atoms with van der Waals surface area (Å²) >= 11 is 0. The lowest BCUT2D eigenvalue weighted by Crippen LogP contribution is -2.18. The number of ether oxygens (including phenoxy) is 1. The standard InChI is InChI=1S/C29H26FN5O4S/c1-18(19-4-9-22(30)10-5-19)28(36)31-23-11-6-20(7-12-23)21-8-15-27-33-29(34-35(27)17-21)32-24-13-14-26(40(3,37)38)25(16-24)39-2/h4-18H,1-3H3,(H,31,36)(H,32,34)/t18-/m1/s1. The molecule has 0 saturated heterocycles. The summed E-state index contributed by atoms with van der Waals surface area (Å²) in [5.41, 5.74) is 4.37. The van der Waals surface area contributed by atoms with Gasteiger partial charge in [-0.05, 0) is 66.6 Å². The third-order valence-electron chi connectivity index (χ3n) is 6.40. The van der Waals surface area contributed by atoms with Gasteiger partial charge in [0.15, 0.2) is 15.5 Å². The number of hydrogen-bond donors (Lipinski definition) is 2. The number of rotatable bonds is 8. The Balaban J connectivity index is 1.30. The number of nitrogens with zero attached hydrogens (tertiary/aromatic N) is 3. The molecule has 0 spiro atoms. The van der Waals surface area contributed by atoms with Crippen molar-refractivity contribution in [3.8, 4) is 16.9 Å². The highest BCUT2D eigenvalue weighted by Gasteiger charge is 2.17. The average molecular weight is 560 g/mol. The number of methoxy groups -OCH3 is 1. The molecule has 0 aliphatic heterocycles. The number of fused-ring (bicyclic) bond motifs is 1. The summed E-state index contributed by atoms with van der Waals surface area (Å²) in [4.78, 5) is 17.2. The number of nitrogens with one attached hydrogen (secondary N) is 2. The second-order valence-electron chi connectivity index (χ2n) is 9.26. The van der Waals surface area contributed by atoms with E-state index < -0.39 is 15.8 Å². The van der Waals surface area contributed by atoms with E-state index in [4.69, 9.17) is 4.74 Å². The minimum atomic E-state index is -3.43. The van der Waals surface area contributed by atoms with Gasteiger partial charge in [0, 0.05) is 35.5 Å². The van der Waals surface area contributed by atoms with Crippen LogP contribution in [-0.4, -0.2) is 42.3 Å². The van der Waals surface area contributed by atoms with Crippen molar-refractivity contribution in [1.29, 1.82) is 0 Å². The lowest BCUT2D eigenvalue weighted by atomic mass is 10.00. The van der Waals surface area contributed by atoms with Crippen LogP contribution in [0.5, 0.6) is 5.75 Å². The van der Waals surface area contributed by atoms with Crippen molar-refractivity contribution in [3.05, 3.63) is 96.4 Å². The number of amides is 1. The van der Waals surface area contributed by atoms with Gasteiger partial charge in [-0.25, -0.2) is 17.3 Å². The zero-order valence-electron chi connectivity index (χ0n) is 21.9. The topological polar surface area (TPSA) is 115 Å². The van der Waals surface area contributed by atoms with Gasteiger partial charge in [0.05, 0.1) is 13.0 Å². The van der Waals surface area contributed by atoms with E-state index in [1.165, 1.54) is 25.3 Å². The second kappa shape index (κ2) is 10.8. The number of sulfone groups is 1. The van der Waals surface area contributed by atoms with Crippen LogP contribution in [0, 0.1) is 5.82 Å². The van der Waals surface area contributed by atoms with Gasteiger partial charge in [0.2, 0.25) is 11.9 Å². The molecule has 0 aliphatic carbocycles. The van der Waals surface area contributed by atoms with Crippen LogP contribution in [0.25, 0.3) is 16.8 Å². The number of hydrogen-bond acceptors (Lipinski definition) is 7. The van der Waals surface area contributed by atoms with E-state index in [2.05, 4.69) is 20.7 Å². The maximum absolute atomic E-state index is 13.2. The van der Waals surface area contributed by atoms with E-state index in [0.29, 0.717) is 23.0 Å². The minimum absolute atomic E-state index is 0.0983. The molecule has 204 valence electrons. The maximum atomic E-state index is 13.2. The van der Waals surface area contributed by atoms with E-state index in [0.717, 1.165) is 22.9 Å². The van der Waals surface area contributed by atoms with Crippen molar-refractivity contribution in [2.24, 2.45) is 0 Å². The van der Waals surface area contributed by atoms with Crippen molar-refractivity contribution in [2.75, 3.05) is 24.0 Å².